The lowest BCUT2D eigenvalue weighted by Gasteiger charge is -2.37. The number of anilines is 2. The van der Waals surface area contributed by atoms with Crippen molar-refractivity contribution in [1.29, 1.82) is 0 Å². The van der Waals surface area contributed by atoms with Crippen LogP contribution in [0.1, 0.15) is 19.8 Å². The molecule has 100 valence electrons. The molecule has 18 heavy (non-hydrogen) atoms. The van der Waals surface area contributed by atoms with Gasteiger partial charge in [0.2, 0.25) is 5.95 Å². The molecule has 1 saturated heterocycles. The maximum absolute atomic E-state index is 6.14. The Morgan fingerprint density at radius 3 is 2.94 bits per heavy atom. The van der Waals surface area contributed by atoms with Crippen LogP contribution in [0, 0.1) is 5.92 Å². The van der Waals surface area contributed by atoms with Crippen LogP contribution in [0.25, 0.3) is 0 Å². The Labute approximate surface area is 109 Å². The molecule has 0 amide bonds. The van der Waals surface area contributed by atoms with Crippen LogP contribution in [-0.4, -0.2) is 43.2 Å². The first-order valence-electron chi connectivity index (χ1n) is 6.62. The molecule has 0 aliphatic carbocycles. The number of piperidine rings is 1. The lowest BCUT2D eigenvalue weighted by atomic mass is 9.91. The van der Waals surface area contributed by atoms with Crippen LogP contribution in [-0.2, 0) is 0 Å². The molecule has 2 atom stereocenters. The minimum absolute atomic E-state index is 0.335. The number of aromatic nitrogens is 2. The second-order valence-electron chi connectivity index (χ2n) is 5.18. The molecule has 1 aromatic heterocycles. The van der Waals surface area contributed by atoms with Crippen molar-refractivity contribution in [2.45, 2.75) is 25.8 Å². The van der Waals surface area contributed by atoms with Gasteiger partial charge in [-0.2, -0.15) is 4.98 Å². The smallest absolute Gasteiger partial charge is 0.226 e. The summed E-state index contributed by atoms with van der Waals surface area (Å²) in [4.78, 5) is 13.1. The van der Waals surface area contributed by atoms with Crippen molar-refractivity contribution >= 4 is 11.8 Å². The standard InChI is InChI=1S/C13H23N5/c1-4-10-9-18(8-6-11(10)14)12-5-7-15-13(16-12)17(2)3/h5,7,10-11H,4,6,8-9,14H2,1-3H3. The van der Waals surface area contributed by atoms with Gasteiger partial charge in [0, 0.05) is 39.4 Å². The van der Waals surface area contributed by atoms with Crippen LogP contribution in [0.4, 0.5) is 11.8 Å². The van der Waals surface area contributed by atoms with Crippen molar-refractivity contribution in [2.75, 3.05) is 37.0 Å². The van der Waals surface area contributed by atoms with E-state index in [4.69, 9.17) is 5.73 Å². The normalized spacial score (nSPS) is 24.1. The summed E-state index contributed by atoms with van der Waals surface area (Å²) in [5.41, 5.74) is 6.14. The topological polar surface area (TPSA) is 58.3 Å². The SMILES string of the molecule is CCC1CN(c2ccnc(N(C)C)n2)CCC1N. The van der Waals surface area contributed by atoms with Gasteiger partial charge in [-0.3, -0.25) is 0 Å². The van der Waals surface area contributed by atoms with Gasteiger partial charge in [0.05, 0.1) is 0 Å². The zero-order valence-corrected chi connectivity index (χ0v) is 11.5. The first kappa shape index (κ1) is 13.1. The van der Waals surface area contributed by atoms with Crippen LogP contribution < -0.4 is 15.5 Å². The Hall–Kier alpha value is -1.36. The van der Waals surface area contributed by atoms with E-state index in [0.29, 0.717) is 12.0 Å². The quantitative estimate of drug-likeness (QED) is 0.869. The Kier molecular flexibility index (Phi) is 4.01. The minimum atomic E-state index is 0.335. The fraction of sp³-hybridized carbons (Fsp3) is 0.692. The Balaban J connectivity index is 2.14. The van der Waals surface area contributed by atoms with Crippen LogP contribution in [0.15, 0.2) is 12.3 Å². The average Bonchev–Trinajstić information content (AvgIpc) is 2.39. The summed E-state index contributed by atoms with van der Waals surface area (Å²) in [5, 5.41) is 0. The molecule has 0 saturated carbocycles. The minimum Gasteiger partial charge on any atom is -0.356 e. The zero-order valence-electron chi connectivity index (χ0n) is 11.5. The molecule has 1 aliphatic rings. The third-order valence-corrected chi connectivity index (χ3v) is 3.67. The summed E-state index contributed by atoms with van der Waals surface area (Å²) in [6, 6.07) is 2.32. The molecule has 1 aliphatic heterocycles. The van der Waals surface area contributed by atoms with E-state index in [9.17, 15) is 0 Å². The Bertz CT molecular complexity index is 393. The molecule has 5 nitrogen and oxygen atoms in total. The van der Waals surface area contributed by atoms with Crippen molar-refractivity contribution in [3.8, 4) is 0 Å². The molecular formula is C13H23N5. The summed E-state index contributed by atoms with van der Waals surface area (Å²) in [5.74, 6) is 2.34. The Morgan fingerprint density at radius 2 is 2.28 bits per heavy atom. The van der Waals surface area contributed by atoms with Crippen molar-refractivity contribution in [2.24, 2.45) is 11.7 Å². The maximum atomic E-state index is 6.14. The molecule has 0 aromatic carbocycles. The van der Waals surface area contributed by atoms with Gasteiger partial charge in [-0.1, -0.05) is 13.3 Å². The third kappa shape index (κ3) is 2.72. The van der Waals surface area contributed by atoms with Gasteiger partial charge >= 0.3 is 0 Å². The fourth-order valence-electron chi connectivity index (χ4n) is 2.42. The highest BCUT2D eigenvalue weighted by Crippen LogP contribution is 2.23. The molecular weight excluding hydrogens is 226 g/mol. The van der Waals surface area contributed by atoms with Gasteiger partial charge in [0.15, 0.2) is 0 Å². The highest BCUT2D eigenvalue weighted by molar-refractivity contribution is 5.43. The number of nitrogens with two attached hydrogens (primary N) is 1. The molecule has 2 N–H and O–H groups in total. The largest absolute Gasteiger partial charge is 0.356 e. The van der Waals surface area contributed by atoms with Crippen LogP contribution in [0.2, 0.25) is 0 Å². The van der Waals surface area contributed by atoms with E-state index in [2.05, 4.69) is 21.8 Å². The second kappa shape index (κ2) is 5.52. The molecule has 1 aromatic rings. The zero-order chi connectivity index (χ0) is 13.1. The van der Waals surface area contributed by atoms with Gasteiger partial charge in [-0.15, -0.1) is 0 Å². The van der Waals surface area contributed by atoms with Gasteiger partial charge < -0.3 is 15.5 Å². The molecule has 1 fully saturated rings. The number of hydrogen-bond acceptors (Lipinski definition) is 5. The van der Waals surface area contributed by atoms with E-state index in [-0.39, 0.29) is 0 Å². The Morgan fingerprint density at radius 1 is 1.50 bits per heavy atom. The maximum Gasteiger partial charge on any atom is 0.226 e. The van der Waals surface area contributed by atoms with Crippen molar-refractivity contribution < 1.29 is 0 Å². The molecule has 0 bridgehead atoms. The van der Waals surface area contributed by atoms with E-state index in [1.165, 1.54) is 0 Å². The predicted molar refractivity (Wildman–Crippen MR) is 74.9 cm³/mol. The van der Waals surface area contributed by atoms with E-state index < -0.39 is 0 Å². The molecule has 5 heteroatoms. The summed E-state index contributed by atoms with van der Waals surface area (Å²) >= 11 is 0. The van der Waals surface area contributed by atoms with Crippen LogP contribution in [0.3, 0.4) is 0 Å². The number of hydrogen-bond donors (Lipinski definition) is 1. The third-order valence-electron chi connectivity index (χ3n) is 3.67. The van der Waals surface area contributed by atoms with Crippen LogP contribution in [0.5, 0.6) is 0 Å². The summed E-state index contributed by atoms with van der Waals surface area (Å²) in [7, 11) is 3.92. The monoisotopic (exact) mass is 249 g/mol. The van der Waals surface area contributed by atoms with E-state index in [0.717, 1.165) is 37.7 Å². The fourth-order valence-corrected chi connectivity index (χ4v) is 2.42. The molecule has 0 spiro atoms. The van der Waals surface area contributed by atoms with Gasteiger partial charge in [0.25, 0.3) is 0 Å². The molecule has 2 unspecified atom stereocenters. The first-order valence-corrected chi connectivity index (χ1v) is 6.62. The summed E-state index contributed by atoms with van der Waals surface area (Å²) in [6.45, 7) is 4.20. The average molecular weight is 249 g/mol. The van der Waals surface area contributed by atoms with E-state index in [1.54, 1.807) is 0 Å². The second-order valence-corrected chi connectivity index (χ2v) is 5.18. The van der Waals surface area contributed by atoms with Crippen molar-refractivity contribution in [1.82, 2.24) is 9.97 Å². The number of rotatable bonds is 3. The van der Waals surface area contributed by atoms with Gasteiger partial charge in [-0.25, -0.2) is 4.98 Å². The molecule has 2 rings (SSSR count). The summed E-state index contributed by atoms with van der Waals surface area (Å²) < 4.78 is 0. The molecule has 2 heterocycles. The number of nitrogens with zero attached hydrogens (tertiary/aromatic N) is 4. The van der Waals surface area contributed by atoms with Crippen molar-refractivity contribution in [3.63, 3.8) is 0 Å². The first-order chi connectivity index (χ1) is 8.61. The summed E-state index contributed by atoms with van der Waals surface area (Å²) in [6.07, 6.45) is 4.00. The van der Waals surface area contributed by atoms with E-state index in [1.807, 2.05) is 31.3 Å². The highest BCUT2D eigenvalue weighted by atomic mass is 15.3. The molecule has 0 radical (unpaired) electrons. The van der Waals surface area contributed by atoms with Crippen molar-refractivity contribution in [3.05, 3.63) is 12.3 Å². The predicted octanol–water partition coefficient (Wildman–Crippen LogP) is 1.11. The van der Waals surface area contributed by atoms with Crippen LogP contribution >= 0.6 is 0 Å². The van der Waals surface area contributed by atoms with Gasteiger partial charge in [0.1, 0.15) is 5.82 Å². The highest BCUT2D eigenvalue weighted by Gasteiger charge is 2.26. The van der Waals surface area contributed by atoms with Gasteiger partial charge in [-0.05, 0) is 18.4 Å². The van der Waals surface area contributed by atoms with E-state index >= 15 is 0 Å². The lowest BCUT2D eigenvalue weighted by Crippen LogP contribution is -2.47. The lowest BCUT2D eigenvalue weighted by molar-refractivity contribution is 0.347.